The predicted molar refractivity (Wildman–Crippen MR) is 80.5 cm³/mol. The van der Waals surface area contributed by atoms with E-state index in [2.05, 4.69) is 6.58 Å². The lowest BCUT2D eigenvalue weighted by molar-refractivity contribution is -0.141. The van der Waals surface area contributed by atoms with Crippen molar-refractivity contribution in [2.24, 2.45) is 0 Å². The molecule has 0 bridgehead atoms. The molecular formula is C18H18O2. The minimum Gasteiger partial charge on any atom is -0.468 e. The van der Waals surface area contributed by atoms with E-state index in [0.717, 1.165) is 16.7 Å². The van der Waals surface area contributed by atoms with Gasteiger partial charge in [0.1, 0.15) is 5.92 Å². The molecule has 0 aliphatic rings. The smallest absolute Gasteiger partial charge is 0.317 e. The van der Waals surface area contributed by atoms with E-state index in [-0.39, 0.29) is 5.97 Å². The third-order valence-corrected chi connectivity index (χ3v) is 3.25. The highest BCUT2D eigenvalue weighted by molar-refractivity contribution is 5.81. The number of carbonyl (C=O) groups is 1. The van der Waals surface area contributed by atoms with E-state index in [1.165, 1.54) is 7.11 Å². The molecule has 0 saturated carbocycles. The summed E-state index contributed by atoms with van der Waals surface area (Å²) >= 11 is 0. The molecule has 0 saturated heterocycles. The van der Waals surface area contributed by atoms with Crippen molar-refractivity contribution >= 4 is 5.97 Å². The Balaban J connectivity index is 2.24. The number of hydrogen-bond acceptors (Lipinski definition) is 2. The zero-order valence-electron chi connectivity index (χ0n) is 11.6. The van der Waals surface area contributed by atoms with Crippen molar-refractivity contribution in [1.82, 2.24) is 0 Å². The van der Waals surface area contributed by atoms with Gasteiger partial charge in [-0.05, 0) is 17.5 Å². The fourth-order valence-electron chi connectivity index (χ4n) is 2.26. The molecular weight excluding hydrogens is 248 g/mol. The monoisotopic (exact) mass is 266 g/mol. The summed E-state index contributed by atoms with van der Waals surface area (Å²) in [4.78, 5) is 12.1. The quantitative estimate of drug-likeness (QED) is 0.608. The molecule has 2 aromatic rings. The summed E-state index contributed by atoms with van der Waals surface area (Å²) in [7, 11) is 1.41. The highest BCUT2D eigenvalue weighted by Gasteiger charge is 2.24. The number of carbonyl (C=O) groups excluding carboxylic acids is 1. The van der Waals surface area contributed by atoms with Crippen LogP contribution >= 0.6 is 0 Å². The van der Waals surface area contributed by atoms with E-state index in [1.54, 1.807) is 0 Å². The largest absolute Gasteiger partial charge is 0.468 e. The van der Waals surface area contributed by atoms with E-state index in [4.69, 9.17) is 4.74 Å². The number of hydrogen-bond donors (Lipinski definition) is 0. The number of ether oxygens (including phenoxy) is 1. The lowest BCUT2D eigenvalue weighted by atomic mass is 9.88. The van der Waals surface area contributed by atoms with Crippen LogP contribution in [0.3, 0.4) is 0 Å². The Bertz CT molecular complexity index is 573. The first-order chi connectivity index (χ1) is 9.72. The Morgan fingerprint density at radius 3 is 2.15 bits per heavy atom. The average molecular weight is 266 g/mol. The Morgan fingerprint density at radius 1 is 1.05 bits per heavy atom. The summed E-state index contributed by atoms with van der Waals surface area (Å²) < 4.78 is 4.93. The second-order valence-corrected chi connectivity index (χ2v) is 4.69. The maximum Gasteiger partial charge on any atom is 0.317 e. The highest BCUT2D eigenvalue weighted by Crippen LogP contribution is 2.27. The number of esters is 1. The Hall–Kier alpha value is -2.35. The van der Waals surface area contributed by atoms with Crippen LogP contribution in [0.25, 0.3) is 0 Å². The van der Waals surface area contributed by atoms with Gasteiger partial charge in [-0.1, -0.05) is 72.8 Å². The summed E-state index contributed by atoms with van der Waals surface area (Å²) in [5.41, 5.74) is 2.90. The van der Waals surface area contributed by atoms with Crippen molar-refractivity contribution in [1.29, 1.82) is 0 Å². The number of rotatable bonds is 5. The first-order valence-electron chi connectivity index (χ1n) is 6.56. The summed E-state index contributed by atoms with van der Waals surface area (Å²) in [6.45, 7) is 4.09. The van der Waals surface area contributed by atoms with E-state index in [0.29, 0.717) is 6.42 Å². The zero-order chi connectivity index (χ0) is 14.4. The molecule has 102 valence electrons. The molecule has 0 fully saturated rings. The Morgan fingerprint density at radius 2 is 1.60 bits per heavy atom. The molecule has 0 spiro atoms. The van der Waals surface area contributed by atoms with Gasteiger partial charge in [0.25, 0.3) is 0 Å². The standard InChI is InChI=1S/C18H18O2/c1-14(13-15-9-5-3-6-10-15)17(18(19)20-2)16-11-7-4-8-12-16/h3-12,17H,1,13H2,2H3/t17-/m1/s1. The topological polar surface area (TPSA) is 26.3 Å². The molecule has 0 heterocycles. The van der Waals surface area contributed by atoms with Crippen LogP contribution in [0, 0.1) is 0 Å². The molecule has 0 amide bonds. The summed E-state index contributed by atoms with van der Waals surface area (Å²) in [6.07, 6.45) is 0.662. The molecule has 0 radical (unpaired) electrons. The molecule has 0 aliphatic heterocycles. The van der Waals surface area contributed by atoms with Crippen LogP contribution in [-0.2, 0) is 16.0 Å². The minimum absolute atomic E-state index is 0.267. The van der Waals surface area contributed by atoms with E-state index in [9.17, 15) is 4.79 Å². The number of methoxy groups -OCH3 is 1. The zero-order valence-corrected chi connectivity index (χ0v) is 11.6. The summed E-state index contributed by atoms with van der Waals surface area (Å²) in [6, 6.07) is 19.6. The van der Waals surface area contributed by atoms with Gasteiger partial charge in [-0.15, -0.1) is 0 Å². The van der Waals surface area contributed by atoms with Crippen LogP contribution in [0.15, 0.2) is 72.8 Å². The van der Waals surface area contributed by atoms with Crippen molar-refractivity contribution in [3.63, 3.8) is 0 Å². The van der Waals surface area contributed by atoms with Crippen LogP contribution in [0.4, 0.5) is 0 Å². The third-order valence-electron chi connectivity index (χ3n) is 3.25. The van der Waals surface area contributed by atoms with Crippen LogP contribution < -0.4 is 0 Å². The van der Waals surface area contributed by atoms with Crippen molar-refractivity contribution < 1.29 is 9.53 Å². The van der Waals surface area contributed by atoms with Gasteiger partial charge < -0.3 is 4.74 Å². The van der Waals surface area contributed by atoms with Gasteiger partial charge in [0.15, 0.2) is 0 Å². The molecule has 0 aromatic heterocycles. The lowest BCUT2D eigenvalue weighted by Gasteiger charge is -2.18. The second kappa shape index (κ2) is 6.71. The second-order valence-electron chi connectivity index (χ2n) is 4.69. The normalized spacial score (nSPS) is 11.7. The predicted octanol–water partition coefficient (Wildman–Crippen LogP) is 3.74. The maximum absolute atomic E-state index is 12.1. The number of benzene rings is 2. The molecule has 0 aliphatic carbocycles. The minimum atomic E-state index is -0.415. The van der Waals surface area contributed by atoms with Crippen molar-refractivity contribution in [2.45, 2.75) is 12.3 Å². The molecule has 20 heavy (non-hydrogen) atoms. The van der Waals surface area contributed by atoms with E-state index in [1.807, 2.05) is 60.7 Å². The average Bonchev–Trinajstić information content (AvgIpc) is 2.49. The van der Waals surface area contributed by atoms with Crippen molar-refractivity contribution in [3.8, 4) is 0 Å². The van der Waals surface area contributed by atoms with Gasteiger partial charge in [-0.3, -0.25) is 4.79 Å². The lowest BCUT2D eigenvalue weighted by Crippen LogP contribution is -2.17. The van der Waals surface area contributed by atoms with Gasteiger partial charge >= 0.3 is 5.97 Å². The molecule has 2 nitrogen and oxygen atoms in total. The van der Waals surface area contributed by atoms with Gasteiger partial charge in [0.2, 0.25) is 0 Å². The summed E-state index contributed by atoms with van der Waals surface area (Å²) in [5, 5.41) is 0. The molecule has 0 unspecified atom stereocenters. The van der Waals surface area contributed by atoms with Crippen LogP contribution in [0.2, 0.25) is 0 Å². The van der Waals surface area contributed by atoms with Crippen molar-refractivity contribution in [2.75, 3.05) is 7.11 Å². The van der Waals surface area contributed by atoms with Crippen molar-refractivity contribution in [3.05, 3.63) is 83.9 Å². The van der Waals surface area contributed by atoms with Gasteiger partial charge in [-0.25, -0.2) is 0 Å². The van der Waals surface area contributed by atoms with Gasteiger partial charge in [0, 0.05) is 0 Å². The molecule has 1 atom stereocenters. The Labute approximate surface area is 119 Å². The maximum atomic E-state index is 12.1. The third kappa shape index (κ3) is 3.35. The van der Waals surface area contributed by atoms with Crippen LogP contribution in [0.5, 0.6) is 0 Å². The molecule has 2 heteroatoms. The summed E-state index contributed by atoms with van der Waals surface area (Å²) in [5.74, 6) is -0.682. The Kier molecular flexibility index (Phi) is 4.72. The van der Waals surface area contributed by atoms with E-state index >= 15 is 0 Å². The van der Waals surface area contributed by atoms with Crippen LogP contribution in [0.1, 0.15) is 17.0 Å². The van der Waals surface area contributed by atoms with E-state index < -0.39 is 5.92 Å². The first-order valence-corrected chi connectivity index (χ1v) is 6.56. The fraction of sp³-hybridized carbons (Fsp3) is 0.167. The molecule has 2 aromatic carbocycles. The highest BCUT2D eigenvalue weighted by atomic mass is 16.5. The molecule has 2 rings (SSSR count). The van der Waals surface area contributed by atoms with Gasteiger partial charge in [-0.2, -0.15) is 0 Å². The van der Waals surface area contributed by atoms with Gasteiger partial charge in [0.05, 0.1) is 7.11 Å². The van der Waals surface area contributed by atoms with Crippen LogP contribution in [-0.4, -0.2) is 13.1 Å². The first kappa shape index (κ1) is 14.1. The fourth-order valence-corrected chi connectivity index (χ4v) is 2.26. The SMILES string of the molecule is C=C(Cc1ccccc1)[C@@H](C(=O)OC)c1ccccc1. The molecule has 0 N–H and O–H groups in total.